The van der Waals surface area contributed by atoms with E-state index in [0.29, 0.717) is 23.9 Å². The maximum absolute atomic E-state index is 12.1. The Hall–Kier alpha value is -1.25. The van der Waals surface area contributed by atoms with Crippen LogP contribution in [0.25, 0.3) is 0 Å². The summed E-state index contributed by atoms with van der Waals surface area (Å²) in [5, 5.41) is 6.47. The number of nitrogens with zero attached hydrogens (tertiary/aromatic N) is 2. The minimum absolute atomic E-state index is 0.253. The molecule has 20 heavy (non-hydrogen) atoms. The third-order valence-electron chi connectivity index (χ3n) is 2.72. The molecular formula is C12H15BrN4O2S. The Morgan fingerprint density at radius 1 is 1.40 bits per heavy atom. The van der Waals surface area contributed by atoms with Gasteiger partial charge in [0.1, 0.15) is 12.2 Å². The smallest absolute Gasteiger partial charge is 0.241 e. The summed E-state index contributed by atoms with van der Waals surface area (Å²) in [5.74, 6) is 0.751. The largest absolute Gasteiger partial charge is 0.263 e. The van der Waals surface area contributed by atoms with Crippen LogP contribution in [0.5, 0.6) is 0 Å². The van der Waals surface area contributed by atoms with Crippen molar-refractivity contribution in [3.05, 3.63) is 40.4 Å². The molecule has 0 atom stereocenters. The Bertz CT molecular complexity index is 671. The van der Waals surface area contributed by atoms with Gasteiger partial charge in [-0.1, -0.05) is 6.07 Å². The van der Waals surface area contributed by atoms with Crippen molar-refractivity contribution >= 4 is 26.0 Å². The molecule has 0 saturated carbocycles. The lowest BCUT2D eigenvalue weighted by Gasteiger charge is -2.08. The van der Waals surface area contributed by atoms with E-state index in [9.17, 15) is 8.42 Å². The van der Waals surface area contributed by atoms with Crippen LogP contribution in [0, 0.1) is 6.92 Å². The average Bonchev–Trinajstić information content (AvgIpc) is 2.87. The highest BCUT2D eigenvalue weighted by Crippen LogP contribution is 2.22. The number of sulfonamides is 1. The number of aromatic nitrogens is 3. The molecule has 0 bridgehead atoms. The molecule has 1 aromatic heterocycles. The molecule has 0 aliphatic carbocycles. The van der Waals surface area contributed by atoms with Gasteiger partial charge < -0.3 is 0 Å². The summed E-state index contributed by atoms with van der Waals surface area (Å²) in [6.07, 6.45) is 2.73. The van der Waals surface area contributed by atoms with Crippen LogP contribution >= 0.6 is 15.9 Å². The zero-order valence-electron chi connectivity index (χ0n) is 10.9. The van der Waals surface area contributed by atoms with Crippen LogP contribution in [0.1, 0.15) is 17.8 Å². The third kappa shape index (κ3) is 3.87. The summed E-state index contributed by atoms with van der Waals surface area (Å²) in [6.45, 7) is 2.26. The first-order chi connectivity index (χ1) is 9.49. The average molecular weight is 359 g/mol. The summed E-state index contributed by atoms with van der Waals surface area (Å²) >= 11 is 3.28. The van der Waals surface area contributed by atoms with Crippen molar-refractivity contribution in [1.29, 1.82) is 0 Å². The fraction of sp³-hybridized carbons (Fsp3) is 0.333. The van der Waals surface area contributed by atoms with E-state index < -0.39 is 10.0 Å². The molecule has 108 valence electrons. The zero-order valence-corrected chi connectivity index (χ0v) is 13.3. The van der Waals surface area contributed by atoms with Gasteiger partial charge in [0.25, 0.3) is 0 Å². The van der Waals surface area contributed by atoms with E-state index in [4.69, 9.17) is 0 Å². The van der Waals surface area contributed by atoms with Gasteiger partial charge in [-0.15, -0.1) is 0 Å². The summed E-state index contributed by atoms with van der Waals surface area (Å²) in [4.78, 5) is 4.23. The second-order valence-corrected chi connectivity index (χ2v) is 6.96. The van der Waals surface area contributed by atoms with Crippen molar-refractivity contribution in [3.8, 4) is 0 Å². The molecule has 0 amide bonds. The molecule has 2 aromatic rings. The summed E-state index contributed by atoms with van der Waals surface area (Å²) in [6, 6.07) is 5.15. The number of halogens is 1. The molecule has 0 spiro atoms. The fourth-order valence-corrected chi connectivity index (χ4v) is 3.98. The second-order valence-electron chi connectivity index (χ2n) is 4.37. The van der Waals surface area contributed by atoms with Gasteiger partial charge in [-0.2, -0.15) is 5.10 Å². The predicted molar refractivity (Wildman–Crippen MR) is 78.8 cm³/mol. The lowest BCUT2D eigenvalue weighted by atomic mass is 10.2. The molecule has 2 rings (SSSR count). The van der Waals surface area contributed by atoms with Crippen molar-refractivity contribution in [2.45, 2.75) is 24.7 Å². The quantitative estimate of drug-likeness (QED) is 0.770. The van der Waals surface area contributed by atoms with Gasteiger partial charge in [0.15, 0.2) is 0 Å². The number of aryl methyl sites for hydroxylation is 2. The standard InChI is InChI=1S/C12H15BrN4O2S/c1-9-4-5-11(10(13)7-9)20(18,19)16-6-2-3-12-14-8-15-17-12/h4-5,7-8,16H,2-3,6H2,1H3,(H,14,15,17). The van der Waals surface area contributed by atoms with Crippen LogP contribution in [0.2, 0.25) is 0 Å². The van der Waals surface area contributed by atoms with Gasteiger partial charge in [-0.05, 0) is 47.0 Å². The van der Waals surface area contributed by atoms with Gasteiger partial charge in [0.05, 0.1) is 4.90 Å². The van der Waals surface area contributed by atoms with E-state index in [1.807, 2.05) is 6.92 Å². The van der Waals surface area contributed by atoms with E-state index in [1.165, 1.54) is 6.33 Å². The number of H-pyrrole nitrogens is 1. The van der Waals surface area contributed by atoms with Crippen LogP contribution in [0.3, 0.4) is 0 Å². The normalized spacial score (nSPS) is 11.7. The van der Waals surface area contributed by atoms with Crippen LogP contribution in [0.4, 0.5) is 0 Å². The number of hydrogen-bond donors (Lipinski definition) is 2. The van der Waals surface area contributed by atoms with Gasteiger partial charge in [0, 0.05) is 17.4 Å². The molecule has 0 fully saturated rings. The number of benzene rings is 1. The van der Waals surface area contributed by atoms with Crippen molar-refractivity contribution in [1.82, 2.24) is 19.9 Å². The molecule has 0 saturated heterocycles. The Kier molecular flexibility index (Phi) is 4.90. The Morgan fingerprint density at radius 3 is 2.85 bits per heavy atom. The molecule has 0 aliphatic rings. The lowest BCUT2D eigenvalue weighted by Crippen LogP contribution is -2.25. The van der Waals surface area contributed by atoms with Crippen molar-refractivity contribution in [3.63, 3.8) is 0 Å². The molecule has 2 N–H and O–H groups in total. The Balaban J connectivity index is 1.93. The van der Waals surface area contributed by atoms with Crippen molar-refractivity contribution < 1.29 is 8.42 Å². The Morgan fingerprint density at radius 2 is 2.20 bits per heavy atom. The molecule has 0 radical (unpaired) electrons. The first kappa shape index (κ1) is 15.1. The van der Waals surface area contributed by atoms with E-state index in [1.54, 1.807) is 18.2 Å². The highest BCUT2D eigenvalue weighted by Gasteiger charge is 2.16. The highest BCUT2D eigenvalue weighted by molar-refractivity contribution is 9.10. The van der Waals surface area contributed by atoms with Crippen LogP contribution in [0.15, 0.2) is 33.9 Å². The second kappa shape index (κ2) is 6.47. The third-order valence-corrected chi connectivity index (χ3v) is 5.16. The topological polar surface area (TPSA) is 87.7 Å². The first-order valence-corrected chi connectivity index (χ1v) is 8.37. The maximum Gasteiger partial charge on any atom is 0.241 e. The van der Waals surface area contributed by atoms with Crippen LogP contribution in [-0.4, -0.2) is 30.1 Å². The van der Waals surface area contributed by atoms with E-state index >= 15 is 0 Å². The highest BCUT2D eigenvalue weighted by atomic mass is 79.9. The lowest BCUT2D eigenvalue weighted by molar-refractivity contribution is 0.577. The van der Waals surface area contributed by atoms with Gasteiger partial charge >= 0.3 is 0 Å². The molecule has 0 unspecified atom stereocenters. The van der Waals surface area contributed by atoms with Gasteiger partial charge in [-0.3, -0.25) is 5.10 Å². The van der Waals surface area contributed by atoms with Gasteiger partial charge in [0.2, 0.25) is 10.0 Å². The molecule has 1 heterocycles. The van der Waals surface area contributed by atoms with E-state index in [-0.39, 0.29) is 4.90 Å². The van der Waals surface area contributed by atoms with E-state index in [2.05, 4.69) is 35.8 Å². The summed E-state index contributed by atoms with van der Waals surface area (Å²) < 4.78 is 27.4. The van der Waals surface area contributed by atoms with Crippen LogP contribution < -0.4 is 4.72 Å². The monoisotopic (exact) mass is 358 g/mol. The molecule has 6 nitrogen and oxygen atoms in total. The molecule has 8 heteroatoms. The number of rotatable bonds is 6. The molecule has 0 aliphatic heterocycles. The summed E-state index contributed by atoms with van der Waals surface area (Å²) in [7, 11) is -3.49. The molecular weight excluding hydrogens is 344 g/mol. The molecule has 1 aromatic carbocycles. The maximum atomic E-state index is 12.1. The SMILES string of the molecule is Cc1ccc(S(=O)(=O)NCCCc2ncn[nH]2)c(Br)c1. The minimum atomic E-state index is -3.49. The van der Waals surface area contributed by atoms with Crippen molar-refractivity contribution in [2.75, 3.05) is 6.54 Å². The van der Waals surface area contributed by atoms with Crippen LogP contribution in [-0.2, 0) is 16.4 Å². The number of hydrogen-bond acceptors (Lipinski definition) is 4. The van der Waals surface area contributed by atoms with Crippen molar-refractivity contribution in [2.24, 2.45) is 0 Å². The number of aromatic amines is 1. The number of nitrogens with one attached hydrogen (secondary N) is 2. The van der Waals surface area contributed by atoms with E-state index in [0.717, 1.165) is 11.4 Å². The first-order valence-electron chi connectivity index (χ1n) is 6.09. The minimum Gasteiger partial charge on any atom is -0.263 e. The predicted octanol–water partition coefficient (Wildman–Crippen LogP) is 1.79. The Labute approximate surface area is 126 Å². The summed E-state index contributed by atoms with van der Waals surface area (Å²) in [5.41, 5.74) is 1.00. The van der Waals surface area contributed by atoms with Gasteiger partial charge in [-0.25, -0.2) is 18.1 Å². The zero-order chi connectivity index (χ0) is 14.6. The fourth-order valence-electron chi connectivity index (χ4n) is 1.72.